The molecule has 4 rings (SSSR count). The highest BCUT2D eigenvalue weighted by Gasteiger charge is 2.45. The largest absolute Gasteiger partial charge is 0.368 e. The fraction of sp³-hybridized carbons (Fsp3) is 0.350. The first-order chi connectivity index (χ1) is 11.7. The van der Waals surface area contributed by atoms with E-state index in [4.69, 9.17) is 11.6 Å². The summed E-state index contributed by atoms with van der Waals surface area (Å²) in [7, 11) is 0. The van der Waals surface area contributed by atoms with E-state index in [9.17, 15) is 4.79 Å². The van der Waals surface area contributed by atoms with Gasteiger partial charge in [-0.3, -0.25) is 4.79 Å². The van der Waals surface area contributed by atoms with Gasteiger partial charge < -0.3 is 9.80 Å². The second-order valence-corrected chi connectivity index (χ2v) is 7.09. The van der Waals surface area contributed by atoms with Gasteiger partial charge in [0.05, 0.1) is 0 Å². The number of nitrogens with zero attached hydrogens (tertiary/aromatic N) is 2. The fourth-order valence-corrected chi connectivity index (χ4v) is 3.81. The fourth-order valence-electron chi connectivity index (χ4n) is 3.63. The molecule has 0 unspecified atom stereocenters. The van der Waals surface area contributed by atoms with Gasteiger partial charge in [0.2, 0.25) is 5.91 Å². The first-order valence-corrected chi connectivity index (χ1v) is 8.94. The third kappa shape index (κ3) is 3.13. The van der Waals surface area contributed by atoms with Crippen LogP contribution in [-0.4, -0.2) is 37.0 Å². The molecule has 0 radical (unpaired) electrons. The molecule has 2 aromatic rings. The van der Waals surface area contributed by atoms with Crippen molar-refractivity contribution in [2.45, 2.75) is 12.3 Å². The number of carbonyl (C=O) groups is 1. The van der Waals surface area contributed by atoms with Crippen LogP contribution in [0, 0.1) is 5.92 Å². The minimum Gasteiger partial charge on any atom is -0.368 e. The highest BCUT2D eigenvalue weighted by Crippen LogP contribution is 2.48. The number of halogens is 1. The molecule has 2 fully saturated rings. The Bertz CT molecular complexity index is 725. The maximum atomic E-state index is 12.7. The van der Waals surface area contributed by atoms with E-state index in [1.165, 1.54) is 5.56 Å². The average Bonchev–Trinajstić information content (AvgIpc) is 3.43. The highest BCUT2D eigenvalue weighted by atomic mass is 35.5. The van der Waals surface area contributed by atoms with Gasteiger partial charge in [0, 0.05) is 42.8 Å². The van der Waals surface area contributed by atoms with Gasteiger partial charge >= 0.3 is 0 Å². The van der Waals surface area contributed by atoms with Gasteiger partial charge in [-0.25, -0.2) is 0 Å². The van der Waals surface area contributed by atoms with Gasteiger partial charge in [-0.15, -0.1) is 0 Å². The van der Waals surface area contributed by atoms with Crippen molar-refractivity contribution >= 4 is 23.2 Å². The Kier molecular flexibility index (Phi) is 4.19. The van der Waals surface area contributed by atoms with Gasteiger partial charge in [-0.05, 0) is 36.1 Å². The highest BCUT2D eigenvalue weighted by molar-refractivity contribution is 6.30. The summed E-state index contributed by atoms with van der Waals surface area (Å²) in [6, 6.07) is 18.3. The molecule has 124 valence electrons. The van der Waals surface area contributed by atoms with E-state index in [-0.39, 0.29) is 5.92 Å². The molecule has 1 aliphatic carbocycles. The molecule has 4 heteroatoms. The van der Waals surface area contributed by atoms with Crippen molar-refractivity contribution in [1.82, 2.24) is 4.90 Å². The lowest BCUT2D eigenvalue weighted by molar-refractivity contribution is -0.132. The zero-order valence-corrected chi connectivity index (χ0v) is 14.3. The molecule has 1 amide bonds. The maximum absolute atomic E-state index is 12.7. The molecule has 1 aliphatic heterocycles. The molecule has 0 spiro atoms. The Morgan fingerprint density at radius 1 is 0.958 bits per heavy atom. The van der Waals surface area contributed by atoms with Crippen molar-refractivity contribution in [3.8, 4) is 0 Å². The third-order valence-electron chi connectivity index (χ3n) is 5.10. The molecule has 1 heterocycles. The van der Waals surface area contributed by atoms with E-state index < -0.39 is 0 Å². The molecule has 1 saturated heterocycles. The number of amides is 1. The topological polar surface area (TPSA) is 23.6 Å². The molecular weight excluding hydrogens is 320 g/mol. The lowest BCUT2D eigenvalue weighted by atomic mass is 10.1. The average molecular weight is 341 g/mol. The summed E-state index contributed by atoms with van der Waals surface area (Å²) >= 11 is 6.08. The van der Waals surface area contributed by atoms with Gasteiger partial charge in [0.15, 0.2) is 0 Å². The van der Waals surface area contributed by atoms with E-state index in [1.54, 1.807) is 0 Å². The Morgan fingerprint density at radius 2 is 1.71 bits per heavy atom. The van der Waals surface area contributed by atoms with E-state index >= 15 is 0 Å². The standard InChI is InChI=1S/C20H21ClN2O/c21-16-7-4-8-17(13-16)22-9-11-23(12-10-22)20(24)19-14-18(19)15-5-2-1-3-6-15/h1-8,13,18-19H,9-12,14H2/t18-,19+/m1/s1. The molecule has 0 aromatic heterocycles. The van der Waals surface area contributed by atoms with Crippen molar-refractivity contribution in [2.75, 3.05) is 31.1 Å². The van der Waals surface area contributed by atoms with Crippen molar-refractivity contribution in [2.24, 2.45) is 5.92 Å². The van der Waals surface area contributed by atoms with E-state index in [2.05, 4.69) is 35.2 Å². The second kappa shape index (κ2) is 6.48. The molecule has 2 atom stereocenters. The van der Waals surface area contributed by atoms with Gasteiger partial charge in [-0.1, -0.05) is 48.0 Å². The van der Waals surface area contributed by atoms with Crippen molar-refractivity contribution in [3.63, 3.8) is 0 Å². The predicted molar refractivity (Wildman–Crippen MR) is 97.5 cm³/mol. The number of carbonyl (C=O) groups excluding carboxylic acids is 1. The maximum Gasteiger partial charge on any atom is 0.226 e. The monoisotopic (exact) mass is 340 g/mol. The van der Waals surface area contributed by atoms with Crippen LogP contribution in [0.2, 0.25) is 5.02 Å². The Morgan fingerprint density at radius 3 is 2.42 bits per heavy atom. The van der Waals surface area contributed by atoms with Crippen LogP contribution in [0.4, 0.5) is 5.69 Å². The lowest BCUT2D eigenvalue weighted by Gasteiger charge is -2.36. The van der Waals surface area contributed by atoms with Crippen LogP contribution in [0.5, 0.6) is 0 Å². The van der Waals surface area contributed by atoms with Gasteiger partial charge in [-0.2, -0.15) is 0 Å². The number of hydrogen-bond acceptors (Lipinski definition) is 2. The summed E-state index contributed by atoms with van der Waals surface area (Å²) in [6.07, 6.45) is 0.997. The molecule has 0 bridgehead atoms. The number of rotatable bonds is 3. The minimum absolute atomic E-state index is 0.185. The molecule has 1 saturated carbocycles. The molecule has 24 heavy (non-hydrogen) atoms. The Balaban J connectivity index is 1.34. The summed E-state index contributed by atoms with van der Waals surface area (Å²) in [5.74, 6) is 0.935. The summed E-state index contributed by atoms with van der Waals surface area (Å²) < 4.78 is 0. The Hall–Kier alpha value is -2.00. The zero-order valence-electron chi connectivity index (χ0n) is 13.6. The van der Waals surface area contributed by atoms with Crippen LogP contribution in [0.25, 0.3) is 0 Å². The van der Waals surface area contributed by atoms with Crippen LogP contribution >= 0.6 is 11.6 Å². The summed E-state index contributed by atoms with van der Waals surface area (Å²) in [5, 5.41) is 0.759. The van der Waals surface area contributed by atoms with Crippen molar-refractivity contribution in [1.29, 1.82) is 0 Å². The predicted octanol–water partition coefficient (Wildman–Crippen LogP) is 3.79. The van der Waals surface area contributed by atoms with E-state index in [1.807, 2.05) is 29.2 Å². The van der Waals surface area contributed by atoms with Crippen LogP contribution in [0.1, 0.15) is 17.9 Å². The van der Waals surface area contributed by atoms with Crippen LogP contribution in [-0.2, 0) is 4.79 Å². The summed E-state index contributed by atoms with van der Waals surface area (Å²) in [4.78, 5) is 17.1. The smallest absolute Gasteiger partial charge is 0.226 e. The Labute approximate surface area is 147 Å². The SMILES string of the molecule is O=C([C@H]1C[C@@H]1c1ccccc1)N1CCN(c2cccc(Cl)c2)CC1. The van der Waals surface area contributed by atoms with E-state index in [0.717, 1.165) is 43.3 Å². The number of hydrogen-bond donors (Lipinski definition) is 0. The molecule has 2 aromatic carbocycles. The van der Waals surface area contributed by atoms with E-state index in [0.29, 0.717) is 11.8 Å². The molecular formula is C20H21ClN2O. The van der Waals surface area contributed by atoms with Crippen molar-refractivity contribution < 1.29 is 4.79 Å². The third-order valence-corrected chi connectivity index (χ3v) is 5.34. The normalized spacial score (nSPS) is 23.2. The number of benzene rings is 2. The minimum atomic E-state index is 0.185. The molecule has 0 N–H and O–H groups in total. The second-order valence-electron chi connectivity index (χ2n) is 6.65. The first-order valence-electron chi connectivity index (χ1n) is 8.56. The van der Waals surface area contributed by atoms with Crippen LogP contribution < -0.4 is 4.90 Å². The molecule has 3 nitrogen and oxygen atoms in total. The van der Waals surface area contributed by atoms with Crippen molar-refractivity contribution in [3.05, 3.63) is 65.2 Å². The summed E-state index contributed by atoms with van der Waals surface area (Å²) in [6.45, 7) is 3.33. The quantitative estimate of drug-likeness (QED) is 0.848. The van der Waals surface area contributed by atoms with Crippen LogP contribution in [0.15, 0.2) is 54.6 Å². The first kappa shape index (κ1) is 15.5. The number of piperazine rings is 1. The molecule has 2 aliphatic rings. The number of anilines is 1. The van der Waals surface area contributed by atoms with Gasteiger partial charge in [0.1, 0.15) is 0 Å². The zero-order chi connectivity index (χ0) is 16.5. The summed E-state index contributed by atoms with van der Waals surface area (Å²) in [5.41, 5.74) is 2.44. The van der Waals surface area contributed by atoms with Gasteiger partial charge in [0.25, 0.3) is 0 Å². The lowest BCUT2D eigenvalue weighted by Crippen LogP contribution is -2.49. The van der Waals surface area contributed by atoms with Crippen LogP contribution in [0.3, 0.4) is 0 Å².